The Bertz CT molecular complexity index is 1190. The molecular formula is C28H28ClFN4O. The van der Waals surface area contributed by atoms with Crippen molar-refractivity contribution in [2.45, 2.75) is 19.0 Å². The molecule has 3 aromatic carbocycles. The fraction of sp³-hybridized carbons (Fsp3) is 0.286. The van der Waals surface area contributed by atoms with Crippen LogP contribution in [0.1, 0.15) is 29.2 Å². The third-order valence-electron chi connectivity index (χ3n) is 6.68. The van der Waals surface area contributed by atoms with Gasteiger partial charge in [0.05, 0.1) is 18.3 Å². The van der Waals surface area contributed by atoms with Gasteiger partial charge >= 0.3 is 0 Å². The number of hydrogen-bond donors (Lipinski definition) is 0. The maximum absolute atomic E-state index is 14.5. The number of halogens is 2. The fourth-order valence-electron chi connectivity index (χ4n) is 4.75. The molecule has 0 spiro atoms. The van der Waals surface area contributed by atoms with Crippen LogP contribution in [0.2, 0.25) is 5.02 Å². The van der Waals surface area contributed by atoms with Gasteiger partial charge in [0, 0.05) is 49.7 Å². The standard InChI is InChI=1S/C28H28ClFN4O/c29-23-12-10-22(11-13-23)27-18-26(24-8-4-5-9-25(24)30)31-34(27)28(35)20-33-16-14-32(15-17-33)19-21-6-2-1-3-7-21/h1-13,27H,14-20H2/t27-/m0/s1. The number of hydrogen-bond acceptors (Lipinski definition) is 4. The van der Waals surface area contributed by atoms with Crippen molar-refractivity contribution in [3.63, 3.8) is 0 Å². The molecule has 180 valence electrons. The molecule has 0 aliphatic carbocycles. The lowest BCUT2D eigenvalue weighted by atomic mass is 9.98. The molecule has 0 bridgehead atoms. The average Bonchev–Trinajstić information content (AvgIpc) is 3.32. The first-order chi connectivity index (χ1) is 17.1. The first-order valence-electron chi connectivity index (χ1n) is 12.0. The Morgan fingerprint density at radius 3 is 2.26 bits per heavy atom. The van der Waals surface area contributed by atoms with Crippen molar-refractivity contribution in [3.8, 4) is 0 Å². The quantitative estimate of drug-likeness (QED) is 0.489. The third kappa shape index (κ3) is 5.61. The Kier molecular flexibility index (Phi) is 7.23. The van der Waals surface area contributed by atoms with Gasteiger partial charge in [-0.05, 0) is 29.3 Å². The van der Waals surface area contributed by atoms with Crippen molar-refractivity contribution in [2.75, 3.05) is 32.7 Å². The average molecular weight is 491 g/mol. The summed E-state index contributed by atoms with van der Waals surface area (Å²) in [4.78, 5) is 18.0. The van der Waals surface area contributed by atoms with Crippen LogP contribution < -0.4 is 0 Å². The molecule has 1 fully saturated rings. The number of carbonyl (C=O) groups excluding carboxylic acids is 1. The van der Waals surface area contributed by atoms with Gasteiger partial charge in [-0.25, -0.2) is 9.40 Å². The van der Waals surface area contributed by atoms with Crippen molar-refractivity contribution in [1.29, 1.82) is 0 Å². The van der Waals surface area contributed by atoms with E-state index in [4.69, 9.17) is 11.6 Å². The van der Waals surface area contributed by atoms with Gasteiger partial charge in [-0.3, -0.25) is 14.6 Å². The van der Waals surface area contributed by atoms with Gasteiger partial charge in [-0.1, -0.05) is 72.3 Å². The van der Waals surface area contributed by atoms with Crippen molar-refractivity contribution in [3.05, 3.63) is 106 Å². The van der Waals surface area contributed by atoms with Crippen LogP contribution in [0.3, 0.4) is 0 Å². The normalized spacial score (nSPS) is 19.1. The predicted octanol–water partition coefficient (Wildman–Crippen LogP) is 4.97. The van der Waals surface area contributed by atoms with E-state index in [0.717, 1.165) is 38.3 Å². The van der Waals surface area contributed by atoms with Gasteiger partial charge < -0.3 is 0 Å². The minimum atomic E-state index is -0.329. The Labute approximate surface area is 210 Å². The molecule has 0 aromatic heterocycles. The third-order valence-corrected chi connectivity index (χ3v) is 6.93. The molecular weight excluding hydrogens is 463 g/mol. The monoisotopic (exact) mass is 490 g/mol. The predicted molar refractivity (Wildman–Crippen MR) is 137 cm³/mol. The molecule has 1 saturated heterocycles. The van der Waals surface area contributed by atoms with E-state index in [9.17, 15) is 9.18 Å². The fourth-order valence-corrected chi connectivity index (χ4v) is 4.88. The zero-order chi connectivity index (χ0) is 24.2. The zero-order valence-electron chi connectivity index (χ0n) is 19.5. The summed E-state index contributed by atoms with van der Waals surface area (Å²) in [6.07, 6.45) is 0.457. The molecule has 5 nitrogen and oxygen atoms in total. The highest BCUT2D eigenvalue weighted by Gasteiger charge is 2.34. The number of benzene rings is 3. The van der Waals surface area contributed by atoms with Crippen LogP contribution in [0.15, 0.2) is 84.0 Å². The molecule has 7 heteroatoms. The van der Waals surface area contributed by atoms with Gasteiger partial charge in [0.25, 0.3) is 5.91 Å². The highest BCUT2D eigenvalue weighted by Crippen LogP contribution is 2.34. The second kappa shape index (κ2) is 10.7. The van der Waals surface area contributed by atoms with Crippen LogP contribution >= 0.6 is 11.6 Å². The topological polar surface area (TPSA) is 39.2 Å². The highest BCUT2D eigenvalue weighted by atomic mass is 35.5. The van der Waals surface area contributed by atoms with Crippen molar-refractivity contribution in [1.82, 2.24) is 14.8 Å². The summed E-state index contributed by atoms with van der Waals surface area (Å²) in [6.45, 7) is 4.67. The van der Waals surface area contributed by atoms with Gasteiger partial charge in [0.1, 0.15) is 5.82 Å². The summed E-state index contributed by atoms with van der Waals surface area (Å²) in [5.74, 6) is -0.405. The van der Waals surface area contributed by atoms with E-state index >= 15 is 0 Å². The minimum Gasteiger partial charge on any atom is -0.297 e. The number of carbonyl (C=O) groups is 1. The van der Waals surface area contributed by atoms with Crippen LogP contribution in [0, 0.1) is 5.82 Å². The highest BCUT2D eigenvalue weighted by molar-refractivity contribution is 6.30. The number of nitrogens with zero attached hydrogens (tertiary/aromatic N) is 4. The Hall–Kier alpha value is -3.06. The summed E-state index contributed by atoms with van der Waals surface area (Å²) in [5, 5.41) is 6.80. The van der Waals surface area contributed by atoms with E-state index in [0.29, 0.717) is 22.7 Å². The van der Waals surface area contributed by atoms with Crippen LogP contribution in [0.25, 0.3) is 0 Å². The van der Waals surface area contributed by atoms with Crippen molar-refractivity contribution in [2.24, 2.45) is 5.10 Å². The van der Waals surface area contributed by atoms with E-state index in [1.807, 2.05) is 30.3 Å². The first-order valence-corrected chi connectivity index (χ1v) is 12.3. The van der Waals surface area contributed by atoms with Crippen LogP contribution in [-0.4, -0.2) is 59.2 Å². The number of piperazine rings is 1. The summed E-state index contributed by atoms with van der Waals surface area (Å²) in [6, 6.07) is 24.2. The Morgan fingerprint density at radius 2 is 1.54 bits per heavy atom. The molecule has 0 saturated carbocycles. The van der Waals surface area contributed by atoms with E-state index < -0.39 is 0 Å². The van der Waals surface area contributed by atoms with E-state index in [1.165, 1.54) is 11.6 Å². The molecule has 0 unspecified atom stereocenters. The van der Waals surface area contributed by atoms with Crippen molar-refractivity contribution >= 4 is 23.2 Å². The summed E-state index contributed by atoms with van der Waals surface area (Å²) in [7, 11) is 0. The molecule has 1 atom stereocenters. The molecule has 1 amide bonds. The van der Waals surface area contributed by atoms with E-state index in [-0.39, 0.29) is 24.3 Å². The molecule has 2 aliphatic rings. The van der Waals surface area contributed by atoms with Crippen LogP contribution in [-0.2, 0) is 11.3 Å². The second-order valence-electron chi connectivity index (χ2n) is 9.07. The Balaban J connectivity index is 1.28. The molecule has 0 N–H and O–H groups in total. The molecule has 3 aromatic rings. The van der Waals surface area contributed by atoms with E-state index in [1.54, 1.807) is 23.2 Å². The summed E-state index contributed by atoms with van der Waals surface area (Å²) >= 11 is 6.08. The molecule has 2 heterocycles. The maximum atomic E-state index is 14.5. The molecule has 0 radical (unpaired) electrons. The van der Waals surface area contributed by atoms with Gasteiger partial charge in [0.15, 0.2) is 0 Å². The van der Waals surface area contributed by atoms with Gasteiger partial charge in [-0.2, -0.15) is 5.10 Å². The van der Waals surface area contributed by atoms with Gasteiger partial charge in [0.2, 0.25) is 0 Å². The first kappa shape index (κ1) is 23.7. The minimum absolute atomic E-state index is 0.0761. The summed E-state index contributed by atoms with van der Waals surface area (Å²) in [5.41, 5.74) is 3.26. The van der Waals surface area contributed by atoms with Crippen LogP contribution in [0.4, 0.5) is 4.39 Å². The number of amides is 1. The van der Waals surface area contributed by atoms with E-state index in [2.05, 4.69) is 39.2 Å². The largest absolute Gasteiger partial charge is 0.297 e. The molecule has 35 heavy (non-hydrogen) atoms. The zero-order valence-corrected chi connectivity index (χ0v) is 20.2. The smallest absolute Gasteiger partial charge is 0.257 e. The van der Waals surface area contributed by atoms with Gasteiger partial charge in [-0.15, -0.1) is 0 Å². The lowest BCUT2D eigenvalue weighted by molar-refractivity contribution is -0.134. The number of rotatable bonds is 6. The van der Waals surface area contributed by atoms with Crippen molar-refractivity contribution < 1.29 is 9.18 Å². The maximum Gasteiger partial charge on any atom is 0.257 e. The lowest BCUT2D eigenvalue weighted by Crippen LogP contribution is -2.49. The Morgan fingerprint density at radius 1 is 0.886 bits per heavy atom. The SMILES string of the molecule is O=C(CN1CCN(Cc2ccccc2)CC1)N1N=C(c2ccccc2F)C[C@H]1c1ccc(Cl)cc1. The van der Waals surface area contributed by atoms with Crippen LogP contribution in [0.5, 0.6) is 0 Å². The summed E-state index contributed by atoms with van der Waals surface area (Å²) < 4.78 is 14.5. The molecule has 2 aliphatic heterocycles. The second-order valence-corrected chi connectivity index (χ2v) is 9.51. The number of hydrazone groups is 1. The molecule has 5 rings (SSSR count). The lowest BCUT2D eigenvalue weighted by Gasteiger charge is -2.35.